The third kappa shape index (κ3) is 48.6. The summed E-state index contributed by atoms with van der Waals surface area (Å²) in [7, 11) is 0. The number of hydrogen-bond donors (Lipinski definition) is 0. The predicted octanol–water partition coefficient (Wildman–Crippen LogP) is 26.4. The molecule has 0 radical (unpaired) electrons. The molecule has 2 aromatic rings. The molecule has 3 heteroatoms. The van der Waals surface area contributed by atoms with E-state index in [1.165, 1.54) is 315 Å². The van der Waals surface area contributed by atoms with Gasteiger partial charge in [0, 0.05) is 40.5 Å². The average Bonchev–Trinajstić information content (AvgIpc) is 3.46. The SMILES string of the molecule is CCCCCCCCCCCCCCCCCCCCCCCCCC#Cc1cccc(N=C(CC)C(CCCCCC)=Nc2cccc(C#CCCCCCCCCCCCCCCCCCCCCCCCCC)c2)c1.[Ni]. The molecule has 2 nitrogen and oxygen atoms in total. The zero-order valence-electron chi connectivity index (χ0n) is 53.0. The summed E-state index contributed by atoms with van der Waals surface area (Å²) in [5, 5.41) is 0. The molecule has 0 spiro atoms. The van der Waals surface area contributed by atoms with E-state index in [9.17, 15) is 0 Å². The fraction of sp³-hybridized carbons (Fsp3) is 0.763. The molecular weight excluding hydrogens is 1000 g/mol. The quantitative estimate of drug-likeness (QED) is 0.0273. The molecule has 0 N–H and O–H groups in total. The first kappa shape index (κ1) is 74.4. The molecule has 0 amide bonds. The van der Waals surface area contributed by atoms with Crippen LogP contribution in [0.25, 0.3) is 0 Å². The van der Waals surface area contributed by atoms with E-state index >= 15 is 0 Å². The Hall–Kier alpha value is -2.61. The topological polar surface area (TPSA) is 24.7 Å². The zero-order chi connectivity index (χ0) is 55.5. The van der Waals surface area contributed by atoms with Crippen molar-refractivity contribution in [3.8, 4) is 23.7 Å². The van der Waals surface area contributed by atoms with Gasteiger partial charge < -0.3 is 0 Å². The summed E-state index contributed by atoms with van der Waals surface area (Å²) in [5.41, 5.74) is 6.28. The van der Waals surface area contributed by atoms with E-state index in [2.05, 4.69) is 99.9 Å². The van der Waals surface area contributed by atoms with Gasteiger partial charge in [-0.1, -0.05) is 365 Å². The Morgan fingerprint density at radius 1 is 0.291 bits per heavy atom. The number of unbranched alkanes of at least 4 members (excludes halogenated alkanes) is 49. The van der Waals surface area contributed by atoms with Gasteiger partial charge in [0.1, 0.15) is 0 Å². The minimum absolute atomic E-state index is 0. The second-order valence-electron chi connectivity index (χ2n) is 24.0. The van der Waals surface area contributed by atoms with Crippen molar-refractivity contribution in [1.82, 2.24) is 0 Å². The van der Waals surface area contributed by atoms with Crippen LogP contribution in [0, 0.1) is 23.7 Å². The Kier molecular flexibility index (Phi) is 56.5. The first-order valence-electron chi connectivity index (χ1n) is 35.0. The van der Waals surface area contributed by atoms with E-state index in [0.717, 1.165) is 66.0 Å². The molecule has 2 aromatic carbocycles. The molecule has 0 aliphatic carbocycles. The van der Waals surface area contributed by atoms with Crippen LogP contribution in [0.1, 0.15) is 386 Å². The maximum atomic E-state index is 5.28. The van der Waals surface area contributed by atoms with Crippen molar-refractivity contribution in [2.45, 2.75) is 374 Å². The summed E-state index contributed by atoms with van der Waals surface area (Å²) < 4.78 is 0. The van der Waals surface area contributed by atoms with Gasteiger partial charge in [-0.2, -0.15) is 0 Å². The monoisotopic (exact) mass is 1130 g/mol. The third-order valence-electron chi connectivity index (χ3n) is 16.4. The molecule has 0 unspecified atom stereocenters. The molecule has 0 bridgehead atoms. The second kappa shape index (κ2) is 60.0. The number of hydrogen-bond acceptors (Lipinski definition) is 2. The van der Waals surface area contributed by atoms with Crippen molar-refractivity contribution in [2.75, 3.05) is 0 Å². The van der Waals surface area contributed by atoms with Gasteiger partial charge in [0.2, 0.25) is 0 Å². The average molecular weight is 1130 g/mol. The van der Waals surface area contributed by atoms with Crippen LogP contribution in [-0.2, 0) is 16.5 Å². The standard InChI is InChI=1S/C76H128N2.Ni/c1-5-9-12-15-17-19-21-23-25-27-29-31-33-35-37-39-41-43-45-47-49-51-53-55-57-62-71-64-60-66-73(69-71)77-75(8-4)76(68-59-14-11-7-3)78-74-67-61-65-72(70-74)63-58-56-54-52-50-48-46-44-42-40-38-36-34-32-30-28-26-24-22-20-18-16-13-10-6-2;/h60-61,64-67,69-70H,5-56,59,68H2,1-4H3;. The Morgan fingerprint density at radius 3 is 0.797 bits per heavy atom. The Balaban J connectivity index is 0.0000312. The first-order valence-corrected chi connectivity index (χ1v) is 35.0. The number of nitrogens with zero attached hydrogens (tertiary/aromatic N) is 2. The summed E-state index contributed by atoms with van der Waals surface area (Å²) in [6.07, 6.45) is 74.1. The summed E-state index contributed by atoms with van der Waals surface area (Å²) in [4.78, 5) is 10.5. The van der Waals surface area contributed by atoms with E-state index in [-0.39, 0.29) is 16.5 Å². The minimum Gasteiger partial charge on any atom is -0.252 e. The molecule has 0 atom stereocenters. The van der Waals surface area contributed by atoms with Crippen molar-refractivity contribution in [3.05, 3.63) is 59.7 Å². The number of aliphatic imine (C=N–C) groups is 2. The predicted molar refractivity (Wildman–Crippen MR) is 353 cm³/mol. The summed E-state index contributed by atoms with van der Waals surface area (Å²) in [6.45, 7) is 9.12. The van der Waals surface area contributed by atoms with Crippen molar-refractivity contribution in [2.24, 2.45) is 9.98 Å². The second-order valence-corrected chi connectivity index (χ2v) is 24.0. The number of rotatable bonds is 55. The Labute approximate surface area is 504 Å². The maximum Gasteiger partial charge on any atom is 0.0646 e. The molecular formula is C76H128N2Ni. The van der Waals surface area contributed by atoms with E-state index in [4.69, 9.17) is 9.98 Å². The smallest absolute Gasteiger partial charge is 0.0646 e. The van der Waals surface area contributed by atoms with E-state index < -0.39 is 0 Å². The van der Waals surface area contributed by atoms with Gasteiger partial charge >= 0.3 is 0 Å². The molecule has 0 aliphatic heterocycles. The summed E-state index contributed by atoms with van der Waals surface area (Å²) in [5.74, 6) is 13.9. The largest absolute Gasteiger partial charge is 0.252 e. The zero-order valence-corrected chi connectivity index (χ0v) is 54.0. The Bertz CT molecular complexity index is 1800. The van der Waals surface area contributed by atoms with Crippen molar-refractivity contribution in [1.29, 1.82) is 0 Å². The van der Waals surface area contributed by atoms with Crippen LogP contribution < -0.4 is 0 Å². The van der Waals surface area contributed by atoms with E-state index in [1.807, 2.05) is 0 Å². The molecule has 2 rings (SSSR count). The maximum absolute atomic E-state index is 5.28. The van der Waals surface area contributed by atoms with Crippen LogP contribution in [0.2, 0.25) is 0 Å². The van der Waals surface area contributed by atoms with Gasteiger partial charge in [-0.25, -0.2) is 0 Å². The van der Waals surface area contributed by atoms with Gasteiger partial charge in [-0.05, 0) is 68.5 Å². The van der Waals surface area contributed by atoms with E-state index in [1.54, 1.807) is 0 Å². The van der Waals surface area contributed by atoms with Crippen LogP contribution in [0.3, 0.4) is 0 Å². The number of benzene rings is 2. The van der Waals surface area contributed by atoms with Gasteiger partial charge in [0.25, 0.3) is 0 Å². The fourth-order valence-electron chi connectivity index (χ4n) is 11.3. The van der Waals surface area contributed by atoms with Crippen LogP contribution >= 0.6 is 0 Å². The third-order valence-corrected chi connectivity index (χ3v) is 16.4. The summed E-state index contributed by atoms with van der Waals surface area (Å²) >= 11 is 0. The molecule has 0 saturated carbocycles. The first-order chi connectivity index (χ1) is 38.7. The molecule has 0 heterocycles. The van der Waals surface area contributed by atoms with Crippen LogP contribution in [-0.4, -0.2) is 11.4 Å². The molecule has 0 fully saturated rings. The van der Waals surface area contributed by atoms with Crippen LogP contribution in [0.15, 0.2) is 58.5 Å². The van der Waals surface area contributed by atoms with Crippen LogP contribution in [0.5, 0.6) is 0 Å². The Morgan fingerprint density at radius 2 is 0.532 bits per heavy atom. The van der Waals surface area contributed by atoms with Crippen LogP contribution in [0.4, 0.5) is 11.4 Å². The molecule has 79 heavy (non-hydrogen) atoms. The van der Waals surface area contributed by atoms with Crippen molar-refractivity contribution >= 4 is 22.8 Å². The normalized spacial score (nSPS) is 11.6. The fourth-order valence-corrected chi connectivity index (χ4v) is 11.3. The van der Waals surface area contributed by atoms with Crippen molar-refractivity contribution < 1.29 is 16.5 Å². The van der Waals surface area contributed by atoms with Gasteiger partial charge in [0.05, 0.1) is 22.8 Å². The van der Waals surface area contributed by atoms with Gasteiger partial charge in [-0.15, -0.1) is 0 Å². The minimum atomic E-state index is 0. The molecule has 0 aromatic heterocycles. The van der Waals surface area contributed by atoms with Crippen molar-refractivity contribution in [3.63, 3.8) is 0 Å². The van der Waals surface area contributed by atoms with Gasteiger partial charge in [0.15, 0.2) is 0 Å². The summed E-state index contributed by atoms with van der Waals surface area (Å²) in [6, 6.07) is 17.1. The van der Waals surface area contributed by atoms with E-state index in [0.29, 0.717) is 0 Å². The van der Waals surface area contributed by atoms with Gasteiger partial charge in [-0.3, -0.25) is 9.98 Å². The molecule has 0 aliphatic rings. The molecule has 452 valence electrons. The molecule has 0 saturated heterocycles.